The normalized spacial score (nSPS) is 13.0. The average Bonchev–Trinajstić information content (AvgIpc) is 2.53. The van der Waals surface area contributed by atoms with E-state index in [9.17, 15) is 9.59 Å². The number of benzene rings is 1. The first kappa shape index (κ1) is 21.8. The SMILES string of the molecule is CC(C)N(C(=O)[C@@H](C)Sc1nc2cc(Cl)ccc2c(=O)n1C(C)C)C(C)C. The van der Waals surface area contributed by atoms with Crippen molar-refractivity contribution in [3.8, 4) is 0 Å². The number of aromatic nitrogens is 2. The molecule has 0 aliphatic carbocycles. The summed E-state index contributed by atoms with van der Waals surface area (Å²) in [7, 11) is 0. The summed E-state index contributed by atoms with van der Waals surface area (Å²) in [4.78, 5) is 32.5. The first-order chi connectivity index (χ1) is 12.5. The number of nitrogens with zero attached hydrogens (tertiary/aromatic N) is 3. The smallest absolute Gasteiger partial charge is 0.262 e. The van der Waals surface area contributed by atoms with E-state index in [4.69, 9.17) is 11.6 Å². The Kier molecular flexibility index (Phi) is 6.98. The van der Waals surface area contributed by atoms with E-state index in [1.54, 1.807) is 22.8 Å². The number of hydrogen-bond acceptors (Lipinski definition) is 4. The molecule has 1 aromatic heterocycles. The first-order valence-corrected chi connectivity index (χ1v) is 10.5. The molecule has 0 fully saturated rings. The number of hydrogen-bond donors (Lipinski definition) is 0. The third kappa shape index (κ3) is 4.66. The molecule has 7 heteroatoms. The van der Waals surface area contributed by atoms with Gasteiger partial charge in [-0.25, -0.2) is 4.98 Å². The fraction of sp³-hybridized carbons (Fsp3) is 0.550. The summed E-state index contributed by atoms with van der Waals surface area (Å²) < 4.78 is 1.65. The fourth-order valence-corrected chi connectivity index (χ4v) is 4.48. The highest BCUT2D eigenvalue weighted by atomic mass is 35.5. The van der Waals surface area contributed by atoms with E-state index in [1.807, 2.05) is 53.4 Å². The second-order valence-corrected chi connectivity index (χ2v) is 9.26. The number of amides is 1. The van der Waals surface area contributed by atoms with Crippen LogP contribution in [0.2, 0.25) is 5.02 Å². The average molecular weight is 410 g/mol. The molecule has 1 heterocycles. The predicted octanol–water partition coefficient (Wildman–Crippen LogP) is 4.76. The van der Waals surface area contributed by atoms with Crippen LogP contribution in [-0.2, 0) is 4.79 Å². The van der Waals surface area contributed by atoms with Crippen LogP contribution in [0.15, 0.2) is 28.2 Å². The lowest BCUT2D eigenvalue weighted by atomic mass is 10.2. The number of carbonyl (C=O) groups is 1. The number of carbonyl (C=O) groups excluding carboxylic acids is 1. The van der Waals surface area contributed by atoms with E-state index in [2.05, 4.69) is 4.98 Å². The molecule has 0 spiro atoms. The van der Waals surface area contributed by atoms with E-state index >= 15 is 0 Å². The molecule has 0 aliphatic heterocycles. The molecule has 1 amide bonds. The van der Waals surface area contributed by atoms with Crippen molar-refractivity contribution in [2.45, 2.75) is 77.0 Å². The lowest BCUT2D eigenvalue weighted by molar-refractivity contribution is -0.133. The molecule has 2 aromatic rings. The van der Waals surface area contributed by atoms with Crippen molar-refractivity contribution >= 4 is 40.2 Å². The molecule has 1 aromatic carbocycles. The number of thioether (sulfide) groups is 1. The summed E-state index contributed by atoms with van der Waals surface area (Å²) in [6, 6.07) is 5.23. The van der Waals surface area contributed by atoms with Gasteiger partial charge in [-0.15, -0.1) is 0 Å². The quantitative estimate of drug-likeness (QED) is 0.510. The van der Waals surface area contributed by atoms with E-state index in [0.29, 0.717) is 21.1 Å². The van der Waals surface area contributed by atoms with Gasteiger partial charge in [-0.3, -0.25) is 14.2 Å². The van der Waals surface area contributed by atoms with Crippen LogP contribution in [0.1, 0.15) is 54.5 Å². The van der Waals surface area contributed by atoms with Crippen LogP contribution in [0.3, 0.4) is 0 Å². The molecule has 0 unspecified atom stereocenters. The molecule has 148 valence electrons. The Morgan fingerprint density at radius 2 is 1.70 bits per heavy atom. The van der Waals surface area contributed by atoms with Crippen molar-refractivity contribution in [1.29, 1.82) is 0 Å². The highest BCUT2D eigenvalue weighted by Crippen LogP contribution is 2.27. The highest BCUT2D eigenvalue weighted by Gasteiger charge is 2.27. The summed E-state index contributed by atoms with van der Waals surface area (Å²) >= 11 is 7.40. The maximum absolute atomic E-state index is 13.0. The number of rotatable bonds is 6. The van der Waals surface area contributed by atoms with Crippen LogP contribution >= 0.6 is 23.4 Å². The second kappa shape index (κ2) is 8.65. The van der Waals surface area contributed by atoms with Gasteiger partial charge in [0.05, 0.1) is 16.2 Å². The Labute approximate surface area is 170 Å². The summed E-state index contributed by atoms with van der Waals surface area (Å²) in [5, 5.41) is 1.24. The van der Waals surface area contributed by atoms with E-state index in [-0.39, 0.29) is 34.8 Å². The maximum atomic E-state index is 13.0. The minimum Gasteiger partial charge on any atom is -0.337 e. The van der Waals surface area contributed by atoms with Gasteiger partial charge in [0, 0.05) is 23.1 Å². The Morgan fingerprint density at radius 1 is 1.11 bits per heavy atom. The van der Waals surface area contributed by atoms with Gasteiger partial charge in [0.25, 0.3) is 5.56 Å². The Hall–Kier alpha value is -1.53. The largest absolute Gasteiger partial charge is 0.337 e. The van der Waals surface area contributed by atoms with Crippen molar-refractivity contribution in [2.75, 3.05) is 0 Å². The molecular formula is C20H28ClN3O2S. The van der Waals surface area contributed by atoms with Crippen LogP contribution in [0, 0.1) is 0 Å². The molecule has 5 nitrogen and oxygen atoms in total. The summed E-state index contributed by atoms with van der Waals surface area (Å²) in [6.45, 7) is 13.8. The number of fused-ring (bicyclic) bond motifs is 1. The van der Waals surface area contributed by atoms with Crippen molar-refractivity contribution in [3.63, 3.8) is 0 Å². The van der Waals surface area contributed by atoms with Gasteiger partial charge in [0.15, 0.2) is 5.16 Å². The van der Waals surface area contributed by atoms with Crippen LogP contribution in [0.25, 0.3) is 10.9 Å². The van der Waals surface area contributed by atoms with Gasteiger partial charge in [-0.1, -0.05) is 23.4 Å². The van der Waals surface area contributed by atoms with Crippen molar-refractivity contribution < 1.29 is 4.79 Å². The Balaban J connectivity index is 2.49. The Morgan fingerprint density at radius 3 is 2.22 bits per heavy atom. The van der Waals surface area contributed by atoms with Gasteiger partial charge < -0.3 is 4.90 Å². The monoisotopic (exact) mass is 409 g/mol. The zero-order valence-electron chi connectivity index (χ0n) is 17.0. The third-order valence-electron chi connectivity index (χ3n) is 4.34. The lowest BCUT2D eigenvalue weighted by Crippen LogP contribution is -2.45. The van der Waals surface area contributed by atoms with E-state index in [0.717, 1.165) is 0 Å². The predicted molar refractivity (Wildman–Crippen MR) is 114 cm³/mol. The Bertz CT molecular complexity index is 885. The first-order valence-electron chi connectivity index (χ1n) is 9.25. The van der Waals surface area contributed by atoms with Gasteiger partial charge >= 0.3 is 0 Å². The van der Waals surface area contributed by atoms with E-state index in [1.165, 1.54) is 11.8 Å². The van der Waals surface area contributed by atoms with E-state index < -0.39 is 0 Å². The van der Waals surface area contributed by atoms with Gasteiger partial charge in [-0.2, -0.15) is 0 Å². The van der Waals surface area contributed by atoms with Gasteiger partial charge in [0.2, 0.25) is 5.91 Å². The summed E-state index contributed by atoms with van der Waals surface area (Å²) in [5.41, 5.74) is 0.439. The minimum absolute atomic E-state index is 0.0424. The molecular weight excluding hydrogens is 382 g/mol. The number of halogens is 1. The van der Waals surface area contributed by atoms with Gasteiger partial charge in [0.1, 0.15) is 0 Å². The zero-order chi connectivity index (χ0) is 20.5. The van der Waals surface area contributed by atoms with Crippen LogP contribution < -0.4 is 5.56 Å². The maximum Gasteiger partial charge on any atom is 0.262 e. The molecule has 27 heavy (non-hydrogen) atoms. The van der Waals surface area contributed by atoms with Crippen LogP contribution in [0.5, 0.6) is 0 Å². The summed E-state index contributed by atoms with van der Waals surface area (Å²) in [6.07, 6.45) is 0. The van der Waals surface area contributed by atoms with Crippen LogP contribution in [0.4, 0.5) is 0 Å². The standard InChI is InChI=1S/C20H28ClN3O2S/c1-11(2)23(12(3)4)18(25)14(7)27-20-22-17-10-15(21)8-9-16(17)19(26)24(20)13(5)6/h8-14H,1-7H3/t14-/m1/s1. The molecule has 1 atom stereocenters. The van der Waals surface area contributed by atoms with Crippen molar-refractivity contribution in [1.82, 2.24) is 14.5 Å². The molecule has 0 saturated heterocycles. The third-order valence-corrected chi connectivity index (χ3v) is 5.63. The molecule has 0 radical (unpaired) electrons. The van der Waals surface area contributed by atoms with Crippen molar-refractivity contribution in [2.24, 2.45) is 0 Å². The highest BCUT2D eigenvalue weighted by molar-refractivity contribution is 8.00. The molecule has 0 aliphatic rings. The van der Waals surface area contributed by atoms with Crippen LogP contribution in [-0.4, -0.2) is 37.7 Å². The van der Waals surface area contributed by atoms with Crippen molar-refractivity contribution in [3.05, 3.63) is 33.6 Å². The van der Waals surface area contributed by atoms with Gasteiger partial charge in [-0.05, 0) is 66.7 Å². The lowest BCUT2D eigenvalue weighted by Gasteiger charge is -2.33. The molecule has 0 saturated carbocycles. The fourth-order valence-electron chi connectivity index (χ4n) is 3.21. The molecule has 0 bridgehead atoms. The molecule has 0 N–H and O–H groups in total. The topological polar surface area (TPSA) is 55.2 Å². The molecule has 2 rings (SSSR count). The summed E-state index contributed by atoms with van der Waals surface area (Å²) in [5.74, 6) is 0.0424. The second-order valence-electron chi connectivity index (χ2n) is 7.52. The minimum atomic E-state index is -0.358. The zero-order valence-corrected chi connectivity index (χ0v) is 18.6.